The second-order valence-electron chi connectivity index (χ2n) is 5.49. The van der Waals surface area contributed by atoms with Crippen molar-refractivity contribution in [1.29, 1.82) is 0 Å². The van der Waals surface area contributed by atoms with Crippen molar-refractivity contribution in [3.05, 3.63) is 0 Å². The van der Waals surface area contributed by atoms with Gasteiger partial charge in [-0.15, -0.1) is 0 Å². The Kier molecular flexibility index (Phi) is 3.17. The smallest absolute Gasteiger partial charge is 0.410 e. The first-order valence-corrected chi connectivity index (χ1v) is 6.53. The van der Waals surface area contributed by atoms with Crippen molar-refractivity contribution in [1.82, 2.24) is 4.90 Å². The number of hydrogen-bond donors (Lipinski definition) is 1. The van der Waals surface area contributed by atoms with E-state index in [0.29, 0.717) is 19.8 Å². The Hall–Kier alpha value is -0.890. The molecular formula is C12H19NO6. The first-order chi connectivity index (χ1) is 9.02. The van der Waals surface area contributed by atoms with Gasteiger partial charge in [-0.25, -0.2) is 4.79 Å². The SMILES string of the molecule is CC1(C)O[C@@H]2[C@H](O1)[C@H](N1CCOC1=O)CO[C@@H]2CO. The predicted molar refractivity (Wildman–Crippen MR) is 62.5 cm³/mol. The lowest BCUT2D eigenvalue weighted by molar-refractivity contribution is -0.157. The van der Waals surface area contributed by atoms with Crippen LogP contribution in [-0.4, -0.2) is 72.6 Å². The number of amides is 1. The van der Waals surface area contributed by atoms with E-state index in [-0.39, 0.29) is 30.9 Å². The minimum Gasteiger partial charge on any atom is -0.448 e. The van der Waals surface area contributed by atoms with Crippen molar-refractivity contribution in [2.24, 2.45) is 0 Å². The van der Waals surface area contributed by atoms with Gasteiger partial charge in [-0.2, -0.15) is 0 Å². The summed E-state index contributed by atoms with van der Waals surface area (Å²) in [6.45, 7) is 4.75. The number of cyclic esters (lactones) is 1. The molecule has 0 aromatic heterocycles. The molecule has 3 fully saturated rings. The predicted octanol–water partition coefficient (Wildman–Crippen LogP) is -0.282. The molecule has 0 aromatic carbocycles. The number of carbonyl (C=O) groups excluding carboxylic acids is 1. The molecule has 0 aromatic rings. The van der Waals surface area contributed by atoms with Crippen LogP contribution in [0.2, 0.25) is 0 Å². The second-order valence-corrected chi connectivity index (χ2v) is 5.49. The zero-order valence-electron chi connectivity index (χ0n) is 11.1. The molecule has 1 amide bonds. The van der Waals surface area contributed by atoms with Gasteiger partial charge in [0.25, 0.3) is 0 Å². The molecule has 3 heterocycles. The van der Waals surface area contributed by atoms with Gasteiger partial charge in [-0.1, -0.05) is 0 Å². The molecule has 0 unspecified atom stereocenters. The zero-order valence-corrected chi connectivity index (χ0v) is 11.1. The summed E-state index contributed by atoms with van der Waals surface area (Å²) in [5.41, 5.74) is 0. The average molecular weight is 273 g/mol. The summed E-state index contributed by atoms with van der Waals surface area (Å²) in [7, 11) is 0. The van der Waals surface area contributed by atoms with Crippen LogP contribution in [0.4, 0.5) is 4.79 Å². The van der Waals surface area contributed by atoms with Crippen molar-refractivity contribution in [3.8, 4) is 0 Å². The summed E-state index contributed by atoms with van der Waals surface area (Å²) >= 11 is 0. The van der Waals surface area contributed by atoms with Crippen LogP contribution >= 0.6 is 0 Å². The molecule has 3 saturated heterocycles. The van der Waals surface area contributed by atoms with Crippen LogP contribution in [0.15, 0.2) is 0 Å². The van der Waals surface area contributed by atoms with Gasteiger partial charge < -0.3 is 24.1 Å². The number of rotatable bonds is 2. The Morgan fingerprint density at radius 2 is 2.11 bits per heavy atom. The van der Waals surface area contributed by atoms with Gasteiger partial charge >= 0.3 is 6.09 Å². The van der Waals surface area contributed by atoms with Crippen LogP contribution in [0.25, 0.3) is 0 Å². The summed E-state index contributed by atoms with van der Waals surface area (Å²) in [5.74, 6) is -0.738. The highest BCUT2D eigenvalue weighted by Crippen LogP contribution is 2.37. The van der Waals surface area contributed by atoms with E-state index in [9.17, 15) is 9.90 Å². The van der Waals surface area contributed by atoms with Gasteiger partial charge in [-0.3, -0.25) is 4.90 Å². The fourth-order valence-corrected chi connectivity index (χ4v) is 2.94. The lowest BCUT2D eigenvalue weighted by atomic mass is 9.97. The first-order valence-electron chi connectivity index (χ1n) is 6.53. The average Bonchev–Trinajstić information content (AvgIpc) is 2.90. The molecule has 0 spiro atoms. The van der Waals surface area contributed by atoms with Gasteiger partial charge in [0, 0.05) is 0 Å². The van der Waals surface area contributed by atoms with Gasteiger partial charge in [0.05, 0.1) is 25.8 Å². The summed E-state index contributed by atoms with van der Waals surface area (Å²) in [5, 5.41) is 9.35. The van der Waals surface area contributed by atoms with E-state index in [1.54, 1.807) is 4.90 Å². The number of nitrogens with zero attached hydrogens (tertiary/aromatic N) is 1. The van der Waals surface area contributed by atoms with Crippen LogP contribution in [-0.2, 0) is 18.9 Å². The highest BCUT2D eigenvalue weighted by molar-refractivity contribution is 5.70. The molecule has 0 bridgehead atoms. The molecule has 108 valence electrons. The monoisotopic (exact) mass is 273 g/mol. The van der Waals surface area contributed by atoms with E-state index >= 15 is 0 Å². The molecule has 7 nitrogen and oxygen atoms in total. The van der Waals surface area contributed by atoms with E-state index in [4.69, 9.17) is 18.9 Å². The van der Waals surface area contributed by atoms with Crippen LogP contribution in [0.1, 0.15) is 13.8 Å². The van der Waals surface area contributed by atoms with Crippen molar-refractivity contribution in [3.63, 3.8) is 0 Å². The van der Waals surface area contributed by atoms with E-state index in [0.717, 1.165) is 0 Å². The maximum absolute atomic E-state index is 11.7. The second kappa shape index (κ2) is 4.59. The third-order valence-electron chi connectivity index (χ3n) is 3.76. The number of aliphatic hydroxyl groups is 1. The van der Waals surface area contributed by atoms with Crippen molar-refractivity contribution >= 4 is 6.09 Å². The lowest BCUT2D eigenvalue weighted by Crippen LogP contribution is -2.59. The minimum atomic E-state index is -0.738. The van der Waals surface area contributed by atoms with E-state index in [1.807, 2.05) is 13.8 Å². The molecule has 3 aliphatic rings. The maximum atomic E-state index is 11.7. The highest BCUT2D eigenvalue weighted by Gasteiger charge is 2.54. The van der Waals surface area contributed by atoms with Gasteiger partial charge in [-0.05, 0) is 13.8 Å². The van der Waals surface area contributed by atoms with Crippen LogP contribution in [0, 0.1) is 0 Å². The van der Waals surface area contributed by atoms with Gasteiger partial charge in [0.1, 0.15) is 24.9 Å². The lowest BCUT2D eigenvalue weighted by Gasteiger charge is -2.39. The fourth-order valence-electron chi connectivity index (χ4n) is 2.94. The number of aliphatic hydroxyl groups excluding tert-OH is 1. The summed E-state index contributed by atoms with van der Waals surface area (Å²) in [4.78, 5) is 13.3. The van der Waals surface area contributed by atoms with Crippen molar-refractivity contribution in [2.75, 3.05) is 26.4 Å². The topological polar surface area (TPSA) is 77.5 Å². The number of fused-ring (bicyclic) bond motifs is 1. The van der Waals surface area contributed by atoms with Crippen LogP contribution in [0.3, 0.4) is 0 Å². The summed E-state index contributed by atoms with van der Waals surface area (Å²) in [6, 6.07) is -0.232. The Morgan fingerprint density at radius 3 is 2.74 bits per heavy atom. The van der Waals surface area contributed by atoms with E-state index in [2.05, 4.69) is 0 Å². The van der Waals surface area contributed by atoms with Gasteiger partial charge in [0.2, 0.25) is 0 Å². The molecule has 0 radical (unpaired) electrons. The third-order valence-corrected chi connectivity index (χ3v) is 3.76. The summed E-state index contributed by atoms with van der Waals surface area (Å²) < 4.78 is 22.3. The van der Waals surface area contributed by atoms with Crippen LogP contribution in [0.5, 0.6) is 0 Å². The van der Waals surface area contributed by atoms with Crippen LogP contribution < -0.4 is 0 Å². The molecule has 7 heteroatoms. The number of ether oxygens (including phenoxy) is 4. The van der Waals surface area contributed by atoms with Crippen molar-refractivity contribution in [2.45, 2.75) is 44.0 Å². The molecule has 3 aliphatic heterocycles. The quantitative estimate of drug-likeness (QED) is 0.745. The van der Waals surface area contributed by atoms with E-state index < -0.39 is 11.9 Å². The zero-order chi connectivity index (χ0) is 13.6. The first kappa shape index (κ1) is 13.1. The largest absolute Gasteiger partial charge is 0.448 e. The summed E-state index contributed by atoms with van der Waals surface area (Å²) in [6.07, 6.45) is -1.43. The third kappa shape index (κ3) is 2.20. The standard InChI is InChI=1S/C12H19NO6/c1-12(2)18-9-7(13-3-4-16-11(13)15)6-17-8(5-14)10(9)19-12/h7-10,14H,3-6H2,1-2H3/t7-,8-,9-,10+/m1/s1. The minimum absolute atomic E-state index is 0.127. The Morgan fingerprint density at radius 1 is 1.37 bits per heavy atom. The number of hydrogen-bond acceptors (Lipinski definition) is 6. The van der Waals surface area contributed by atoms with E-state index in [1.165, 1.54) is 0 Å². The Labute approximate surface area is 111 Å². The highest BCUT2D eigenvalue weighted by atomic mass is 16.8. The molecule has 4 atom stereocenters. The Balaban J connectivity index is 1.81. The van der Waals surface area contributed by atoms with Crippen molar-refractivity contribution < 1.29 is 28.8 Å². The molecule has 1 N–H and O–H groups in total. The molecule has 0 aliphatic carbocycles. The molecule has 19 heavy (non-hydrogen) atoms. The normalized spacial score (nSPS) is 41.2. The van der Waals surface area contributed by atoms with Gasteiger partial charge in [0.15, 0.2) is 5.79 Å². The molecule has 0 saturated carbocycles. The Bertz CT molecular complexity index is 373. The maximum Gasteiger partial charge on any atom is 0.410 e. The fraction of sp³-hybridized carbons (Fsp3) is 0.917. The number of carbonyl (C=O) groups is 1. The molecular weight excluding hydrogens is 254 g/mol. The molecule has 3 rings (SSSR count).